The number of carbonyl (C=O) groups is 1. The largest absolute Gasteiger partial charge is 0.487 e. The van der Waals surface area contributed by atoms with Gasteiger partial charge in [0, 0.05) is 36.9 Å². The number of carbonyl (C=O) groups excluding carboxylic acids is 1. The summed E-state index contributed by atoms with van der Waals surface area (Å²) in [5.74, 6) is 0.811. The van der Waals surface area contributed by atoms with E-state index < -0.39 is 0 Å². The standard InChI is InChI=1S/C19H23N3O2/c1-14-11-22(12-15(2)21-14)19(23)16-6-8-18(9-7-16)24-13-17-5-3-4-10-20-17/h3-10,14-15,21H,11-13H2,1-2H3. The summed E-state index contributed by atoms with van der Waals surface area (Å²) >= 11 is 0. The summed E-state index contributed by atoms with van der Waals surface area (Å²) in [7, 11) is 0. The van der Waals surface area contributed by atoms with Crippen LogP contribution in [0.5, 0.6) is 5.75 Å². The minimum Gasteiger partial charge on any atom is -0.487 e. The molecule has 0 bridgehead atoms. The first-order valence-corrected chi connectivity index (χ1v) is 8.30. The van der Waals surface area contributed by atoms with Gasteiger partial charge < -0.3 is 15.0 Å². The Labute approximate surface area is 142 Å². The van der Waals surface area contributed by atoms with Gasteiger partial charge in [-0.15, -0.1) is 0 Å². The Kier molecular flexibility index (Phi) is 5.11. The van der Waals surface area contributed by atoms with Crippen LogP contribution in [0, 0.1) is 0 Å². The van der Waals surface area contributed by atoms with Gasteiger partial charge in [0.15, 0.2) is 0 Å². The highest BCUT2D eigenvalue weighted by molar-refractivity contribution is 5.94. The Morgan fingerprint density at radius 3 is 2.50 bits per heavy atom. The van der Waals surface area contributed by atoms with Gasteiger partial charge in [-0.3, -0.25) is 9.78 Å². The predicted octanol–water partition coefficient (Wildman–Crippen LogP) is 2.48. The second kappa shape index (κ2) is 7.45. The number of nitrogens with one attached hydrogen (secondary N) is 1. The number of nitrogens with zero attached hydrogens (tertiary/aromatic N) is 2. The topological polar surface area (TPSA) is 54.5 Å². The highest BCUT2D eigenvalue weighted by Gasteiger charge is 2.25. The number of pyridine rings is 1. The number of rotatable bonds is 4. The highest BCUT2D eigenvalue weighted by atomic mass is 16.5. The molecule has 126 valence electrons. The molecule has 1 aliphatic heterocycles. The van der Waals surface area contributed by atoms with E-state index in [0.717, 1.165) is 24.5 Å². The Hall–Kier alpha value is -2.40. The van der Waals surface area contributed by atoms with E-state index in [1.54, 1.807) is 6.20 Å². The summed E-state index contributed by atoms with van der Waals surface area (Å²) in [4.78, 5) is 18.8. The molecule has 1 amide bonds. The summed E-state index contributed by atoms with van der Waals surface area (Å²) in [5, 5.41) is 3.44. The second-order valence-electron chi connectivity index (χ2n) is 6.31. The molecule has 3 rings (SSSR count). The first-order valence-electron chi connectivity index (χ1n) is 8.30. The van der Waals surface area contributed by atoms with Crippen LogP contribution >= 0.6 is 0 Å². The maximum Gasteiger partial charge on any atom is 0.253 e. The number of hydrogen-bond donors (Lipinski definition) is 1. The Bertz CT molecular complexity index is 663. The molecule has 24 heavy (non-hydrogen) atoms. The normalized spacial score (nSPS) is 20.7. The molecular weight excluding hydrogens is 302 g/mol. The minimum absolute atomic E-state index is 0.0754. The van der Waals surface area contributed by atoms with Crippen molar-refractivity contribution in [1.29, 1.82) is 0 Å². The number of piperazine rings is 1. The first-order chi connectivity index (χ1) is 11.6. The van der Waals surface area contributed by atoms with Crippen molar-refractivity contribution in [2.24, 2.45) is 0 Å². The van der Waals surface area contributed by atoms with Crippen LogP contribution in [0.2, 0.25) is 0 Å². The van der Waals surface area contributed by atoms with E-state index in [4.69, 9.17) is 4.74 Å². The predicted molar refractivity (Wildman–Crippen MR) is 93.0 cm³/mol. The third-order valence-corrected chi connectivity index (χ3v) is 4.06. The van der Waals surface area contributed by atoms with Crippen LogP contribution in [0.3, 0.4) is 0 Å². The molecule has 1 fully saturated rings. The van der Waals surface area contributed by atoms with Crippen LogP contribution in [0.1, 0.15) is 29.9 Å². The quantitative estimate of drug-likeness (QED) is 0.938. The van der Waals surface area contributed by atoms with Gasteiger partial charge in [0.2, 0.25) is 0 Å². The first kappa shape index (κ1) is 16.5. The van der Waals surface area contributed by atoms with Crippen molar-refractivity contribution in [2.45, 2.75) is 32.5 Å². The number of amides is 1. The van der Waals surface area contributed by atoms with Crippen molar-refractivity contribution in [1.82, 2.24) is 15.2 Å². The summed E-state index contributed by atoms with van der Waals surface area (Å²) < 4.78 is 5.71. The monoisotopic (exact) mass is 325 g/mol. The molecule has 1 aromatic carbocycles. The van der Waals surface area contributed by atoms with E-state index in [2.05, 4.69) is 24.1 Å². The number of ether oxygens (including phenoxy) is 1. The van der Waals surface area contributed by atoms with E-state index in [1.807, 2.05) is 47.4 Å². The third kappa shape index (κ3) is 4.11. The number of hydrogen-bond acceptors (Lipinski definition) is 4. The zero-order valence-corrected chi connectivity index (χ0v) is 14.1. The zero-order valence-electron chi connectivity index (χ0n) is 14.1. The molecule has 1 aromatic heterocycles. The van der Waals surface area contributed by atoms with Crippen LogP contribution in [-0.4, -0.2) is 41.0 Å². The van der Waals surface area contributed by atoms with Crippen molar-refractivity contribution in [3.05, 3.63) is 59.9 Å². The molecule has 2 aromatic rings. The molecule has 2 unspecified atom stereocenters. The van der Waals surface area contributed by atoms with Crippen molar-refractivity contribution < 1.29 is 9.53 Å². The third-order valence-electron chi connectivity index (χ3n) is 4.06. The number of aromatic nitrogens is 1. The summed E-state index contributed by atoms with van der Waals surface area (Å²) in [6.07, 6.45) is 1.75. The van der Waals surface area contributed by atoms with Crippen LogP contribution in [0.4, 0.5) is 0 Å². The van der Waals surface area contributed by atoms with Gasteiger partial charge in [-0.2, -0.15) is 0 Å². The maximum atomic E-state index is 12.6. The molecule has 5 heteroatoms. The van der Waals surface area contributed by atoms with E-state index >= 15 is 0 Å². The molecule has 2 heterocycles. The fraction of sp³-hybridized carbons (Fsp3) is 0.368. The highest BCUT2D eigenvalue weighted by Crippen LogP contribution is 2.16. The minimum atomic E-state index is 0.0754. The van der Waals surface area contributed by atoms with Crippen LogP contribution in [-0.2, 0) is 6.61 Å². The molecule has 5 nitrogen and oxygen atoms in total. The van der Waals surface area contributed by atoms with Crippen LogP contribution in [0.25, 0.3) is 0 Å². The fourth-order valence-corrected chi connectivity index (χ4v) is 3.01. The van der Waals surface area contributed by atoms with Crippen molar-refractivity contribution in [3.8, 4) is 5.75 Å². The van der Waals surface area contributed by atoms with Crippen LogP contribution < -0.4 is 10.1 Å². The average molecular weight is 325 g/mol. The summed E-state index contributed by atoms with van der Waals surface area (Å²) in [6.45, 7) is 6.10. The molecule has 0 radical (unpaired) electrons. The van der Waals surface area contributed by atoms with E-state index in [9.17, 15) is 4.79 Å². The van der Waals surface area contributed by atoms with E-state index in [1.165, 1.54) is 0 Å². The molecule has 1 saturated heterocycles. The second-order valence-corrected chi connectivity index (χ2v) is 6.31. The van der Waals surface area contributed by atoms with Gasteiger partial charge in [-0.25, -0.2) is 0 Å². The van der Waals surface area contributed by atoms with Crippen molar-refractivity contribution in [2.75, 3.05) is 13.1 Å². The molecule has 0 spiro atoms. The zero-order chi connectivity index (χ0) is 16.9. The van der Waals surface area contributed by atoms with Crippen molar-refractivity contribution in [3.63, 3.8) is 0 Å². The van der Waals surface area contributed by atoms with Gasteiger partial charge in [-0.05, 0) is 50.2 Å². The Balaban J connectivity index is 1.60. The molecule has 1 N–H and O–H groups in total. The van der Waals surface area contributed by atoms with Crippen LogP contribution in [0.15, 0.2) is 48.7 Å². The lowest BCUT2D eigenvalue weighted by atomic mass is 10.1. The maximum absolute atomic E-state index is 12.6. The SMILES string of the molecule is CC1CN(C(=O)c2ccc(OCc3ccccn3)cc2)CC(C)N1. The van der Waals surface area contributed by atoms with Gasteiger partial charge in [0.1, 0.15) is 12.4 Å². The molecular formula is C19H23N3O2. The van der Waals surface area contributed by atoms with Gasteiger partial charge in [0.25, 0.3) is 5.91 Å². The summed E-state index contributed by atoms with van der Waals surface area (Å²) in [5.41, 5.74) is 1.57. The molecule has 1 aliphatic rings. The van der Waals surface area contributed by atoms with Gasteiger partial charge >= 0.3 is 0 Å². The van der Waals surface area contributed by atoms with E-state index in [-0.39, 0.29) is 5.91 Å². The fourth-order valence-electron chi connectivity index (χ4n) is 3.01. The van der Waals surface area contributed by atoms with Gasteiger partial charge in [0.05, 0.1) is 5.69 Å². The van der Waals surface area contributed by atoms with Crippen molar-refractivity contribution >= 4 is 5.91 Å². The smallest absolute Gasteiger partial charge is 0.253 e. The lowest BCUT2D eigenvalue weighted by Crippen LogP contribution is -2.55. The average Bonchev–Trinajstić information content (AvgIpc) is 2.60. The molecule has 0 aliphatic carbocycles. The lowest BCUT2D eigenvalue weighted by molar-refractivity contribution is 0.0673. The van der Waals surface area contributed by atoms with Gasteiger partial charge in [-0.1, -0.05) is 6.07 Å². The summed E-state index contributed by atoms with van der Waals surface area (Å²) in [6, 6.07) is 13.7. The van der Waals surface area contributed by atoms with E-state index in [0.29, 0.717) is 24.3 Å². The molecule has 0 saturated carbocycles. The lowest BCUT2D eigenvalue weighted by Gasteiger charge is -2.36. The Morgan fingerprint density at radius 1 is 1.17 bits per heavy atom. The number of benzene rings is 1. The molecule has 2 atom stereocenters. The Morgan fingerprint density at radius 2 is 1.88 bits per heavy atom.